The first-order chi connectivity index (χ1) is 7.22. The maximum Gasteiger partial charge on any atom is 0.218 e. The van der Waals surface area contributed by atoms with Crippen molar-refractivity contribution in [2.45, 2.75) is 4.84 Å². The Bertz CT molecular complexity index is 452. The van der Waals surface area contributed by atoms with Crippen LogP contribution in [0.3, 0.4) is 0 Å². The van der Waals surface area contributed by atoms with Crippen molar-refractivity contribution in [2.24, 2.45) is 5.50 Å². The highest BCUT2D eigenvalue weighted by molar-refractivity contribution is 8.11. The van der Waals surface area contributed by atoms with Gasteiger partial charge in [-0.15, -0.1) is 0 Å². The number of hydrogen-bond donors (Lipinski definition) is 5. The Morgan fingerprint density at radius 3 is 2.38 bits per heavy atom. The van der Waals surface area contributed by atoms with Crippen molar-refractivity contribution in [1.29, 1.82) is 0 Å². The minimum absolute atomic E-state index is 0.0664. The van der Waals surface area contributed by atoms with Crippen molar-refractivity contribution < 1.29 is 15.1 Å². The minimum atomic E-state index is -3.31. The number of nitrogens with one attached hydrogen (secondary N) is 1. The van der Waals surface area contributed by atoms with Crippen molar-refractivity contribution in [1.82, 2.24) is 0 Å². The van der Waals surface area contributed by atoms with E-state index in [2.05, 4.69) is 16.9 Å². The minimum Gasteiger partial charge on any atom is -0.504 e. The Labute approximate surface area is 107 Å². The van der Waals surface area contributed by atoms with Crippen LogP contribution >= 0.6 is 29.8 Å². The van der Waals surface area contributed by atoms with Gasteiger partial charge >= 0.3 is 0 Å². The van der Waals surface area contributed by atoms with Gasteiger partial charge in [0.05, 0.1) is 5.69 Å². The fourth-order valence-corrected chi connectivity index (χ4v) is 2.25. The zero-order valence-corrected chi connectivity index (χ0v) is 11.0. The number of phenols is 2. The summed E-state index contributed by atoms with van der Waals surface area (Å²) in [5.74, 6) is -0.916. The molecule has 0 aliphatic heterocycles. The number of nitrogens with two attached hydrogens (primary N) is 1. The molecule has 1 rings (SSSR count). The number of aromatic hydroxyl groups is 2. The van der Waals surface area contributed by atoms with Gasteiger partial charge in [-0.05, 0) is 17.9 Å². The topological polar surface area (TPSA) is 98.7 Å². The number of phenolic OH excluding ortho intramolecular Hbond substituents is 2. The zero-order valence-electron chi connectivity index (χ0n) is 7.76. The number of anilines is 1. The van der Waals surface area contributed by atoms with Crippen LogP contribution in [0.5, 0.6) is 11.5 Å². The molecule has 1 aromatic carbocycles. The van der Waals surface area contributed by atoms with Crippen molar-refractivity contribution in [3.8, 4) is 11.5 Å². The van der Waals surface area contributed by atoms with E-state index < -0.39 is 22.9 Å². The number of halogens is 2. The molecule has 6 N–H and O–H groups in total. The molecule has 0 aliphatic carbocycles. The number of rotatable bonds is 3. The van der Waals surface area contributed by atoms with Gasteiger partial charge in [-0.3, -0.25) is 5.50 Å². The fourth-order valence-electron chi connectivity index (χ4n) is 1.06. The SMILES string of the molecule is NP(O)(=S)Nc1c(C(Cl)Cl)ccc(O)c1O. The Hall–Kier alpha value is -0.230. The highest BCUT2D eigenvalue weighted by Crippen LogP contribution is 2.46. The van der Waals surface area contributed by atoms with Crippen molar-refractivity contribution in [2.75, 3.05) is 5.09 Å². The number of benzene rings is 1. The molecule has 1 atom stereocenters. The van der Waals surface area contributed by atoms with E-state index in [0.717, 1.165) is 0 Å². The molecule has 0 fully saturated rings. The molecule has 1 aromatic rings. The smallest absolute Gasteiger partial charge is 0.218 e. The van der Waals surface area contributed by atoms with Crippen LogP contribution in [-0.4, -0.2) is 15.1 Å². The van der Waals surface area contributed by atoms with E-state index in [9.17, 15) is 15.1 Å². The summed E-state index contributed by atoms with van der Waals surface area (Å²) >= 11 is 15.9. The van der Waals surface area contributed by atoms with Crippen LogP contribution in [0, 0.1) is 0 Å². The molecule has 0 saturated heterocycles. The lowest BCUT2D eigenvalue weighted by Gasteiger charge is -2.18. The Kier molecular flexibility index (Phi) is 4.29. The summed E-state index contributed by atoms with van der Waals surface area (Å²) in [5, 5.41) is 21.2. The van der Waals surface area contributed by atoms with Crippen molar-refractivity contribution in [3.05, 3.63) is 17.7 Å². The first kappa shape index (κ1) is 13.8. The van der Waals surface area contributed by atoms with Gasteiger partial charge in [0.15, 0.2) is 11.5 Å². The van der Waals surface area contributed by atoms with Crippen molar-refractivity contribution >= 4 is 47.3 Å². The largest absolute Gasteiger partial charge is 0.504 e. The zero-order chi connectivity index (χ0) is 12.5. The predicted molar refractivity (Wildman–Crippen MR) is 68.5 cm³/mol. The van der Waals surface area contributed by atoms with E-state index in [4.69, 9.17) is 28.7 Å². The lowest BCUT2D eigenvalue weighted by molar-refractivity contribution is 0.405. The van der Waals surface area contributed by atoms with Gasteiger partial charge in [-0.2, -0.15) is 0 Å². The summed E-state index contributed by atoms with van der Waals surface area (Å²) < 4.78 is 0. The first-order valence-electron chi connectivity index (χ1n) is 3.95. The van der Waals surface area contributed by atoms with Gasteiger partial charge in [-0.25, -0.2) is 0 Å². The van der Waals surface area contributed by atoms with Crippen LogP contribution in [0.2, 0.25) is 0 Å². The summed E-state index contributed by atoms with van der Waals surface area (Å²) in [6.45, 7) is -3.31. The molecule has 1 unspecified atom stereocenters. The van der Waals surface area contributed by atoms with Crippen LogP contribution in [-0.2, 0) is 11.8 Å². The average Bonchev–Trinajstić information content (AvgIpc) is 2.10. The molecule has 0 bridgehead atoms. The van der Waals surface area contributed by atoms with Crippen LogP contribution in [0.25, 0.3) is 0 Å². The molecular formula is C7H9Cl2N2O3PS. The molecule has 0 spiro atoms. The Balaban J connectivity index is 3.32. The second-order valence-corrected chi connectivity index (χ2v) is 7.17. The number of alkyl halides is 2. The lowest BCUT2D eigenvalue weighted by Crippen LogP contribution is -2.06. The Morgan fingerprint density at radius 1 is 1.38 bits per heavy atom. The molecule has 0 aliphatic rings. The molecule has 0 aromatic heterocycles. The third-order valence-electron chi connectivity index (χ3n) is 1.70. The molecule has 0 amide bonds. The Morgan fingerprint density at radius 2 is 1.94 bits per heavy atom. The lowest BCUT2D eigenvalue weighted by atomic mass is 10.2. The van der Waals surface area contributed by atoms with Gasteiger partial charge < -0.3 is 20.2 Å². The fraction of sp³-hybridized carbons (Fsp3) is 0.143. The van der Waals surface area contributed by atoms with Gasteiger partial charge in [-0.1, -0.05) is 29.3 Å². The molecule has 0 saturated carbocycles. The summed E-state index contributed by atoms with van der Waals surface area (Å²) in [6, 6.07) is 2.60. The van der Waals surface area contributed by atoms with Gasteiger partial charge in [0, 0.05) is 5.56 Å². The summed E-state index contributed by atoms with van der Waals surface area (Å²) in [4.78, 5) is 8.34. The van der Waals surface area contributed by atoms with E-state index in [1.807, 2.05) is 0 Å². The standard InChI is InChI=1S/C7H9Cl2N2O3PS/c8-7(9)3-1-2-4(12)6(13)5(3)11-15(10,14)16/h1-2,7,12-13H,(H4,10,11,14,16). The maximum absolute atomic E-state index is 9.57. The molecule has 16 heavy (non-hydrogen) atoms. The van der Waals surface area contributed by atoms with Crippen LogP contribution in [0.1, 0.15) is 10.4 Å². The van der Waals surface area contributed by atoms with E-state index in [-0.39, 0.29) is 11.3 Å². The molecule has 90 valence electrons. The third kappa shape index (κ3) is 3.38. The van der Waals surface area contributed by atoms with Crippen molar-refractivity contribution in [3.63, 3.8) is 0 Å². The van der Waals surface area contributed by atoms with Crippen LogP contribution in [0.15, 0.2) is 12.1 Å². The van der Waals surface area contributed by atoms with E-state index in [1.165, 1.54) is 12.1 Å². The monoisotopic (exact) mass is 302 g/mol. The third-order valence-corrected chi connectivity index (χ3v) is 2.98. The highest BCUT2D eigenvalue weighted by atomic mass is 35.5. The number of hydrogen-bond acceptors (Lipinski definition) is 3. The molecule has 0 radical (unpaired) electrons. The maximum atomic E-state index is 9.57. The molecule has 5 nitrogen and oxygen atoms in total. The normalized spacial score (nSPS) is 14.8. The first-order valence-corrected chi connectivity index (χ1v) is 7.64. The summed E-state index contributed by atoms with van der Waals surface area (Å²) in [5.41, 5.74) is 5.44. The predicted octanol–water partition coefficient (Wildman–Crippen LogP) is 2.16. The van der Waals surface area contributed by atoms with Gasteiger partial charge in [0.25, 0.3) is 0 Å². The second kappa shape index (κ2) is 4.96. The average molecular weight is 303 g/mol. The second-order valence-electron chi connectivity index (χ2n) is 2.93. The molecular weight excluding hydrogens is 294 g/mol. The van der Waals surface area contributed by atoms with E-state index in [1.54, 1.807) is 0 Å². The van der Waals surface area contributed by atoms with Gasteiger partial charge in [0.2, 0.25) is 6.57 Å². The highest BCUT2D eigenvalue weighted by Gasteiger charge is 2.19. The summed E-state index contributed by atoms with van der Waals surface area (Å²) in [6.07, 6.45) is 0. The molecule has 0 heterocycles. The molecule has 9 heteroatoms. The summed E-state index contributed by atoms with van der Waals surface area (Å²) in [7, 11) is 0. The van der Waals surface area contributed by atoms with Crippen LogP contribution < -0.4 is 10.6 Å². The van der Waals surface area contributed by atoms with Crippen LogP contribution in [0.4, 0.5) is 5.69 Å². The van der Waals surface area contributed by atoms with Gasteiger partial charge in [0.1, 0.15) is 4.84 Å². The van der Waals surface area contributed by atoms with E-state index >= 15 is 0 Å². The quantitative estimate of drug-likeness (QED) is 0.333. The van der Waals surface area contributed by atoms with E-state index in [0.29, 0.717) is 0 Å².